The van der Waals surface area contributed by atoms with E-state index in [0.29, 0.717) is 22.9 Å². The van der Waals surface area contributed by atoms with Crippen LogP contribution in [0.5, 0.6) is 11.5 Å². The highest BCUT2D eigenvalue weighted by Crippen LogP contribution is 2.34. The number of carbonyl (C=O) groups is 2. The minimum atomic E-state index is -4.28. The number of anilines is 1. The Bertz CT molecular complexity index is 1760. The fraction of sp³-hybridized carbons (Fsp3) is 0.235. The smallest absolute Gasteiger partial charge is 0.264 e. The Kier molecular flexibility index (Phi) is 11.9. The molecular weight excluding hydrogens is 649 g/mol. The molecule has 242 valence electrons. The van der Waals surface area contributed by atoms with Crippen molar-refractivity contribution in [1.29, 1.82) is 0 Å². The molecule has 4 rings (SSSR count). The first-order valence-corrected chi connectivity index (χ1v) is 16.6. The van der Waals surface area contributed by atoms with Gasteiger partial charge in [-0.25, -0.2) is 8.42 Å². The second kappa shape index (κ2) is 15.8. The van der Waals surface area contributed by atoms with Gasteiger partial charge in [0.05, 0.1) is 34.8 Å². The molecule has 12 heteroatoms. The molecule has 0 aromatic heterocycles. The molecule has 0 fully saturated rings. The van der Waals surface area contributed by atoms with Crippen molar-refractivity contribution >= 4 is 50.7 Å². The third kappa shape index (κ3) is 8.31. The van der Waals surface area contributed by atoms with E-state index in [0.717, 1.165) is 9.87 Å². The molecule has 0 saturated carbocycles. The lowest BCUT2D eigenvalue weighted by Gasteiger charge is -2.34. The highest BCUT2D eigenvalue weighted by molar-refractivity contribution is 7.92. The van der Waals surface area contributed by atoms with Gasteiger partial charge in [-0.2, -0.15) is 0 Å². The average molecular weight is 685 g/mol. The zero-order valence-electron chi connectivity index (χ0n) is 25.7. The quantitative estimate of drug-likeness (QED) is 0.175. The van der Waals surface area contributed by atoms with Gasteiger partial charge in [0.15, 0.2) is 11.5 Å². The molecule has 0 heterocycles. The molecule has 4 aromatic rings. The second-order valence-electron chi connectivity index (χ2n) is 10.2. The Balaban J connectivity index is 1.84. The number of nitrogens with zero attached hydrogens (tertiary/aromatic N) is 2. The summed E-state index contributed by atoms with van der Waals surface area (Å²) in [6, 6.07) is 25.6. The largest absolute Gasteiger partial charge is 0.493 e. The molecule has 0 saturated heterocycles. The van der Waals surface area contributed by atoms with Crippen LogP contribution in [0.15, 0.2) is 102 Å². The summed E-state index contributed by atoms with van der Waals surface area (Å²) in [7, 11) is -1.38. The van der Waals surface area contributed by atoms with E-state index in [9.17, 15) is 18.0 Å². The van der Waals surface area contributed by atoms with Crippen molar-refractivity contribution in [2.24, 2.45) is 0 Å². The molecule has 0 radical (unpaired) electrons. The summed E-state index contributed by atoms with van der Waals surface area (Å²) in [5.41, 5.74) is 1.59. The van der Waals surface area contributed by atoms with Gasteiger partial charge in [0, 0.05) is 25.6 Å². The van der Waals surface area contributed by atoms with Crippen LogP contribution in [0.25, 0.3) is 0 Å². The van der Waals surface area contributed by atoms with Gasteiger partial charge >= 0.3 is 0 Å². The van der Waals surface area contributed by atoms with Gasteiger partial charge in [-0.1, -0.05) is 77.8 Å². The molecule has 4 aromatic carbocycles. The van der Waals surface area contributed by atoms with Crippen LogP contribution < -0.4 is 19.1 Å². The Morgan fingerprint density at radius 1 is 0.804 bits per heavy atom. The third-order valence-corrected chi connectivity index (χ3v) is 9.75. The first-order chi connectivity index (χ1) is 22.1. The molecule has 1 N–H and O–H groups in total. The lowest BCUT2D eigenvalue weighted by Crippen LogP contribution is -2.53. The molecule has 2 amide bonds. The summed E-state index contributed by atoms with van der Waals surface area (Å²) < 4.78 is 40.1. The van der Waals surface area contributed by atoms with Crippen molar-refractivity contribution in [3.05, 3.63) is 118 Å². The predicted molar refractivity (Wildman–Crippen MR) is 180 cm³/mol. The van der Waals surface area contributed by atoms with Gasteiger partial charge in [-0.05, 0) is 54.4 Å². The van der Waals surface area contributed by atoms with Gasteiger partial charge in [0.25, 0.3) is 10.0 Å². The van der Waals surface area contributed by atoms with E-state index in [2.05, 4.69) is 5.32 Å². The Morgan fingerprint density at radius 3 is 2.07 bits per heavy atom. The number of benzene rings is 4. The van der Waals surface area contributed by atoms with Gasteiger partial charge in [-0.15, -0.1) is 0 Å². The van der Waals surface area contributed by atoms with E-state index < -0.39 is 28.5 Å². The zero-order valence-corrected chi connectivity index (χ0v) is 28.0. The second-order valence-corrected chi connectivity index (χ2v) is 12.9. The van der Waals surface area contributed by atoms with Crippen LogP contribution in [0.1, 0.15) is 18.1 Å². The van der Waals surface area contributed by atoms with E-state index >= 15 is 0 Å². The molecule has 0 unspecified atom stereocenters. The number of ether oxygens (including phenoxy) is 2. The lowest BCUT2D eigenvalue weighted by atomic mass is 10.0. The summed E-state index contributed by atoms with van der Waals surface area (Å²) in [5.74, 6) is -0.344. The number of nitrogens with one attached hydrogen (secondary N) is 1. The molecule has 9 nitrogen and oxygen atoms in total. The number of methoxy groups -OCH3 is 2. The zero-order chi connectivity index (χ0) is 33.3. The molecule has 0 aliphatic rings. The topological polar surface area (TPSA) is 105 Å². The van der Waals surface area contributed by atoms with Crippen LogP contribution >= 0.6 is 23.2 Å². The lowest BCUT2D eigenvalue weighted by molar-refractivity contribution is -0.140. The first kappa shape index (κ1) is 34.6. The summed E-state index contributed by atoms with van der Waals surface area (Å²) in [6.07, 6.45) is 0.182. The van der Waals surface area contributed by atoms with Gasteiger partial charge in [-0.3, -0.25) is 13.9 Å². The fourth-order valence-corrected chi connectivity index (χ4v) is 6.66. The number of hydrogen-bond acceptors (Lipinski definition) is 6. The molecule has 0 aliphatic carbocycles. The molecule has 0 spiro atoms. The number of likely N-dealkylation sites (N-methyl/N-ethyl adjacent to an activating group) is 1. The van der Waals surface area contributed by atoms with E-state index in [1.807, 2.05) is 30.3 Å². The summed E-state index contributed by atoms with van der Waals surface area (Å²) >= 11 is 12.5. The van der Waals surface area contributed by atoms with E-state index in [-0.39, 0.29) is 40.2 Å². The summed E-state index contributed by atoms with van der Waals surface area (Å²) in [4.78, 5) is 29.5. The molecule has 0 bridgehead atoms. The number of carbonyl (C=O) groups excluding carboxylic acids is 2. The van der Waals surface area contributed by atoms with Crippen molar-refractivity contribution in [2.45, 2.75) is 30.8 Å². The van der Waals surface area contributed by atoms with E-state index in [1.54, 1.807) is 49.4 Å². The highest BCUT2D eigenvalue weighted by Gasteiger charge is 2.35. The molecule has 1 atom stereocenters. The fourth-order valence-electron chi connectivity index (χ4n) is 4.91. The maximum Gasteiger partial charge on any atom is 0.264 e. The number of halogens is 2. The van der Waals surface area contributed by atoms with Crippen molar-refractivity contribution in [3.8, 4) is 11.5 Å². The maximum absolute atomic E-state index is 14.5. The van der Waals surface area contributed by atoms with E-state index in [1.165, 1.54) is 43.4 Å². The SMILES string of the molecule is CCNC(=O)[C@H](Cc1ccccc1)N(Cc1ccc(Cl)c(Cl)c1)C(=O)CN(c1ccc(OC)c(OC)c1)S(=O)(=O)c1ccccc1. The molecule has 46 heavy (non-hydrogen) atoms. The Hall–Kier alpha value is -4.25. The number of rotatable bonds is 14. The monoisotopic (exact) mass is 683 g/mol. The summed E-state index contributed by atoms with van der Waals surface area (Å²) in [6.45, 7) is 1.45. The van der Waals surface area contributed by atoms with Gasteiger partial charge < -0.3 is 19.7 Å². The first-order valence-electron chi connectivity index (χ1n) is 14.4. The highest BCUT2D eigenvalue weighted by atomic mass is 35.5. The third-order valence-electron chi connectivity index (χ3n) is 7.22. The van der Waals surface area contributed by atoms with Crippen LogP contribution in [0, 0.1) is 0 Å². The van der Waals surface area contributed by atoms with Crippen LogP contribution in [0.2, 0.25) is 10.0 Å². The molecular formula is C34H35Cl2N3O6S. The Morgan fingerprint density at radius 2 is 1.46 bits per heavy atom. The van der Waals surface area contributed by atoms with Crippen LogP contribution in [0.4, 0.5) is 5.69 Å². The minimum Gasteiger partial charge on any atom is -0.493 e. The normalized spacial score (nSPS) is 11.8. The van der Waals surface area contributed by atoms with Crippen LogP contribution in [-0.2, 0) is 32.6 Å². The number of sulfonamides is 1. The van der Waals surface area contributed by atoms with E-state index in [4.69, 9.17) is 32.7 Å². The summed E-state index contributed by atoms with van der Waals surface area (Å²) in [5, 5.41) is 3.45. The average Bonchev–Trinajstić information content (AvgIpc) is 3.07. The van der Waals surface area contributed by atoms with Crippen molar-refractivity contribution in [1.82, 2.24) is 10.2 Å². The minimum absolute atomic E-state index is 0.0156. The molecule has 0 aliphatic heterocycles. The van der Waals surface area contributed by atoms with Gasteiger partial charge in [0.1, 0.15) is 12.6 Å². The Labute approximate surface area is 279 Å². The van der Waals surface area contributed by atoms with Crippen molar-refractivity contribution < 1.29 is 27.5 Å². The predicted octanol–water partition coefficient (Wildman–Crippen LogP) is 5.98. The van der Waals surface area contributed by atoms with Crippen LogP contribution in [0.3, 0.4) is 0 Å². The van der Waals surface area contributed by atoms with Crippen LogP contribution in [-0.4, -0.2) is 58.5 Å². The standard InChI is InChI=1S/C34H35Cl2N3O6S/c1-4-37-34(41)30(20-24-11-7-5-8-12-24)38(22-25-15-17-28(35)29(36)19-25)33(40)23-39(46(42,43)27-13-9-6-10-14-27)26-16-18-31(44-2)32(21-26)45-3/h5-19,21,30H,4,20,22-23H2,1-3H3,(H,37,41)/t30-/m0/s1. The number of hydrogen-bond donors (Lipinski definition) is 1. The maximum atomic E-state index is 14.5. The van der Waals surface area contributed by atoms with Gasteiger partial charge in [0.2, 0.25) is 11.8 Å². The van der Waals surface area contributed by atoms with Crippen molar-refractivity contribution in [3.63, 3.8) is 0 Å². The van der Waals surface area contributed by atoms with Crippen molar-refractivity contribution in [2.75, 3.05) is 31.6 Å². The number of amides is 2.